The van der Waals surface area contributed by atoms with E-state index in [0.29, 0.717) is 27.2 Å². The summed E-state index contributed by atoms with van der Waals surface area (Å²) in [5, 5.41) is 3.59. The van der Waals surface area contributed by atoms with E-state index in [9.17, 15) is 9.00 Å². The number of aromatic nitrogens is 3. The molecule has 0 spiro atoms. The molecule has 3 N–H and O–H groups in total. The number of anilines is 2. The van der Waals surface area contributed by atoms with Crippen LogP contribution in [0.3, 0.4) is 0 Å². The van der Waals surface area contributed by atoms with Crippen molar-refractivity contribution >= 4 is 63.3 Å². The molecule has 8 nitrogen and oxygen atoms in total. The Kier molecular flexibility index (Phi) is 7.94. The summed E-state index contributed by atoms with van der Waals surface area (Å²) < 4.78 is 12.8. The standard InChI is InChI=1S/C23H17Cl3N6O2S/c1-13-4-5-16(35(34)32-31-22(33)21-17(25)9-15(24)10-18(21)26)11-20(13)30-23-28-8-6-19(29-23)14-3-2-7-27-12-14/h2-12,32H,1H3,(H,31,33)(H,28,29,30). The second-order valence-electron chi connectivity index (χ2n) is 7.18. The summed E-state index contributed by atoms with van der Waals surface area (Å²) in [5.74, 6) is -0.290. The topological polar surface area (TPSA) is 109 Å². The Labute approximate surface area is 218 Å². The number of aryl methyl sites for hydroxylation is 1. The molecule has 1 unspecified atom stereocenters. The third kappa shape index (κ3) is 6.14. The highest BCUT2D eigenvalue weighted by molar-refractivity contribution is 7.83. The normalized spacial score (nSPS) is 11.7. The Balaban J connectivity index is 1.48. The zero-order valence-electron chi connectivity index (χ0n) is 18.1. The van der Waals surface area contributed by atoms with Gasteiger partial charge in [-0.25, -0.2) is 14.2 Å². The van der Waals surface area contributed by atoms with Crippen LogP contribution in [0.25, 0.3) is 11.3 Å². The van der Waals surface area contributed by atoms with Crippen LogP contribution in [-0.2, 0) is 11.0 Å². The highest BCUT2D eigenvalue weighted by Crippen LogP contribution is 2.29. The molecule has 1 atom stereocenters. The summed E-state index contributed by atoms with van der Waals surface area (Å²) in [6.45, 7) is 1.89. The van der Waals surface area contributed by atoms with Crippen molar-refractivity contribution in [2.24, 2.45) is 0 Å². The third-order valence-electron chi connectivity index (χ3n) is 4.77. The fraction of sp³-hybridized carbons (Fsp3) is 0.0435. The molecule has 0 saturated heterocycles. The summed E-state index contributed by atoms with van der Waals surface area (Å²) in [6, 6.07) is 13.4. The van der Waals surface area contributed by atoms with Gasteiger partial charge >= 0.3 is 0 Å². The SMILES string of the molecule is Cc1ccc(S(=O)NNC(=O)c2c(Cl)cc(Cl)cc2Cl)cc1Nc1nccc(-c2cccnc2)n1. The van der Waals surface area contributed by atoms with Crippen molar-refractivity contribution in [3.63, 3.8) is 0 Å². The highest BCUT2D eigenvalue weighted by atomic mass is 35.5. The summed E-state index contributed by atoms with van der Waals surface area (Å²) in [6.07, 6.45) is 5.04. The molecule has 0 aliphatic carbocycles. The first-order valence-corrected chi connectivity index (χ1v) is 12.3. The first-order chi connectivity index (χ1) is 16.8. The lowest BCUT2D eigenvalue weighted by molar-refractivity contribution is 0.0946. The predicted molar refractivity (Wildman–Crippen MR) is 138 cm³/mol. The van der Waals surface area contributed by atoms with E-state index in [0.717, 1.165) is 11.1 Å². The number of carbonyl (C=O) groups is 1. The molecule has 0 aliphatic rings. The Morgan fingerprint density at radius 2 is 1.77 bits per heavy atom. The number of rotatable bonds is 7. The fourth-order valence-corrected chi connectivity index (χ4v) is 4.75. The molecule has 35 heavy (non-hydrogen) atoms. The van der Waals surface area contributed by atoms with Crippen LogP contribution < -0.4 is 15.6 Å². The Bertz CT molecular complexity index is 1400. The number of nitrogens with zero attached hydrogens (tertiary/aromatic N) is 3. The molecular formula is C23H17Cl3N6O2S. The predicted octanol–water partition coefficient (Wildman–Crippen LogP) is 5.51. The molecule has 0 saturated carbocycles. The molecule has 2 heterocycles. The molecule has 12 heteroatoms. The number of nitrogens with one attached hydrogen (secondary N) is 3. The van der Waals surface area contributed by atoms with Crippen molar-refractivity contribution in [3.8, 4) is 11.3 Å². The molecule has 4 aromatic rings. The summed E-state index contributed by atoms with van der Waals surface area (Å²) >= 11 is 18.0. The van der Waals surface area contributed by atoms with Crippen LogP contribution in [0.15, 0.2) is 72.0 Å². The zero-order valence-corrected chi connectivity index (χ0v) is 21.1. The van der Waals surface area contributed by atoms with Gasteiger partial charge in [0.1, 0.15) is 11.0 Å². The average molecular weight is 548 g/mol. The number of amides is 1. The van der Waals surface area contributed by atoms with Gasteiger partial charge in [0.2, 0.25) is 5.95 Å². The van der Waals surface area contributed by atoms with E-state index in [1.165, 1.54) is 12.1 Å². The van der Waals surface area contributed by atoms with Gasteiger partial charge < -0.3 is 5.32 Å². The number of hydrazine groups is 1. The van der Waals surface area contributed by atoms with Gasteiger partial charge in [0.05, 0.1) is 26.2 Å². The molecule has 0 radical (unpaired) electrons. The maximum absolute atomic E-state index is 12.8. The van der Waals surface area contributed by atoms with E-state index in [4.69, 9.17) is 34.8 Å². The van der Waals surface area contributed by atoms with Gasteiger partial charge in [0.25, 0.3) is 5.91 Å². The average Bonchev–Trinajstić information content (AvgIpc) is 2.84. The lowest BCUT2D eigenvalue weighted by Gasteiger charge is -2.13. The Hall–Kier alpha value is -3.08. The molecule has 4 rings (SSSR count). The molecule has 178 valence electrons. The van der Waals surface area contributed by atoms with Gasteiger partial charge in [0.15, 0.2) is 0 Å². The van der Waals surface area contributed by atoms with Crippen molar-refractivity contribution in [2.45, 2.75) is 11.8 Å². The van der Waals surface area contributed by atoms with E-state index < -0.39 is 16.9 Å². The molecular weight excluding hydrogens is 531 g/mol. The fourth-order valence-electron chi connectivity index (χ4n) is 3.04. The second-order valence-corrected chi connectivity index (χ2v) is 9.64. The summed E-state index contributed by atoms with van der Waals surface area (Å²) in [4.78, 5) is 28.3. The summed E-state index contributed by atoms with van der Waals surface area (Å²) in [5.41, 5.74) is 5.46. The molecule has 0 fully saturated rings. The largest absolute Gasteiger partial charge is 0.324 e. The van der Waals surface area contributed by atoms with Crippen molar-refractivity contribution in [2.75, 3.05) is 5.32 Å². The van der Waals surface area contributed by atoms with Crippen LogP contribution in [0.2, 0.25) is 15.1 Å². The Morgan fingerprint density at radius 3 is 2.49 bits per heavy atom. The number of halogens is 3. The van der Waals surface area contributed by atoms with Crippen molar-refractivity contribution < 1.29 is 9.00 Å². The van der Waals surface area contributed by atoms with Gasteiger partial charge in [-0.3, -0.25) is 15.2 Å². The summed E-state index contributed by atoms with van der Waals surface area (Å²) in [7, 11) is -1.79. The smallest absolute Gasteiger partial charge is 0.269 e. The first-order valence-electron chi connectivity index (χ1n) is 10.1. The lowest BCUT2D eigenvalue weighted by Crippen LogP contribution is -2.38. The second kappa shape index (κ2) is 11.1. The molecule has 0 bridgehead atoms. The van der Waals surface area contributed by atoms with Crippen LogP contribution in [0.4, 0.5) is 11.6 Å². The molecule has 2 aromatic carbocycles. The van der Waals surface area contributed by atoms with E-state index in [-0.39, 0.29) is 15.6 Å². The highest BCUT2D eigenvalue weighted by Gasteiger charge is 2.17. The molecule has 1 amide bonds. The van der Waals surface area contributed by atoms with E-state index in [2.05, 4.69) is 30.5 Å². The first kappa shape index (κ1) is 25.0. The van der Waals surface area contributed by atoms with E-state index >= 15 is 0 Å². The molecule has 0 aliphatic heterocycles. The minimum Gasteiger partial charge on any atom is -0.324 e. The van der Waals surface area contributed by atoms with Crippen molar-refractivity contribution in [1.82, 2.24) is 25.2 Å². The van der Waals surface area contributed by atoms with Gasteiger partial charge in [0, 0.05) is 34.9 Å². The number of carbonyl (C=O) groups excluding carboxylic acids is 1. The van der Waals surface area contributed by atoms with Crippen LogP contribution in [0.5, 0.6) is 0 Å². The van der Waals surface area contributed by atoms with E-state index in [1.54, 1.807) is 42.9 Å². The molecule has 2 aromatic heterocycles. The van der Waals surface area contributed by atoms with Crippen molar-refractivity contribution in [3.05, 3.63) is 93.3 Å². The zero-order chi connectivity index (χ0) is 24.9. The van der Waals surface area contributed by atoms with E-state index in [1.807, 2.05) is 19.1 Å². The minimum atomic E-state index is -1.79. The number of benzene rings is 2. The van der Waals surface area contributed by atoms with Gasteiger partial charge in [-0.05, 0) is 55.0 Å². The Morgan fingerprint density at radius 1 is 1.00 bits per heavy atom. The minimum absolute atomic E-state index is 0.0131. The number of hydrogen-bond acceptors (Lipinski definition) is 6. The quantitative estimate of drug-likeness (QED) is 0.263. The maximum Gasteiger partial charge on any atom is 0.269 e. The van der Waals surface area contributed by atoms with Crippen LogP contribution in [0, 0.1) is 6.92 Å². The van der Waals surface area contributed by atoms with Gasteiger partial charge in [-0.15, -0.1) is 4.83 Å². The van der Waals surface area contributed by atoms with Crippen molar-refractivity contribution in [1.29, 1.82) is 0 Å². The van der Waals surface area contributed by atoms with Crippen LogP contribution in [0.1, 0.15) is 15.9 Å². The number of hydrogen-bond donors (Lipinski definition) is 3. The van der Waals surface area contributed by atoms with Crippen LogP contribution in [-0.4, -0.2) is 25.1 Å². The maximum atomic E-state index is 12.8. The van der Waals surface area contributed by atoms with Gasteiger partial charge in [-0.2, -0.15) is 0 Å². The lowest BCUT2D eigenvalue weighted by atomic mass is 10.2. The monoisotopic (exact) mass is 546 g/mol. The van der Waals surface area contributed by atoms with Crippen LogP contribution >= 0.6 is 34.8 Å². The third-order valence-corrected chi connectivity index (χ3v) is 6.56. The number of pyridine rings is 1. The van der Waals surface area contributed by atoms with Gasteiger partial charge in [-0.1, -0.05) is 40.9 Å².